The third kappa shape index (κ3) is 46.8. The quantitative estimate of drug-likeness (QED) is 0.723. The van der Waals surface area contributed by atoms with Gasteiger partial charge in [-0.1, -0.05) is 0 Å². The van der Waals surface area contributed by atoms with Gasteiger partial charge in [0.05, 0.1) is 6.54 Å². The molecular formula is C2H8Cl3NO2Zr. The molecule has 0 rings (SSSR count). The van der Waals surface area contributed by atoms with Crippen LogP contribution in [0.4, 0.5) is 0 Å². The Morgan fingerprint density at radius 2 is 1.44 bits per heavy atom. The molecule has 0 amide bonds. The molecule has 0 aliphatic rings. The zero-order valence-corrected chi connectivity index (χ0v) is 9.27. The van der Waals surface area contributed by atoms with E-state index in [0.717, 1.165) is 0 Å². The largest absolute Gasteiger partial charge is 0.480 e. The minimum Gasteiger partial charge on any atom is -0.480 e. The first kappa shape index (κ1) is 32.0. The van der Waals surface area contributed by atoms with E-state index in [4.69, 9.17) is 5.11 Å². The summed E-state index contributed by atoms with van der Waals surface area (Å²) in [6.07, 6.45) is 0. The van der Waals surface area contributed by atoms with E-state index in [1.165, 1.54) is 0 Å². The number of carbonyl (C=O) groups is 1. The van der Waals surface area contributed by atoms with Gasteiger partial charge < -0.3 is 10.8 Å². The van der Waals surface area contributed by atoms with E-state index in [1.807, 2.05) is 0 Å². The molecule has 0 aromatic carbocycles. The van der Waals surface area contributed by atoms with Crippen LogP contribution in [0.15, 0.2) is 0 Å². The van der Waals surface area contributed by atoms with Gasteiger partial charge in [-0.25, -0.2) is 0 Å². The molecule has 0 aromatic heterocycles. The molecule has 0 radical (unpaired) electrons. The van der Waals surface area contributed by atoms with Crippen LogP contribution in [-0.4, -0.2) is 17.6 Å². The molecule has 0 aliphatic carbocycles. The number of aliphatic carboxylic acids is 1. The van der Waals surface area contributed by atoms with Gasteiger partial charge in [0.25, 0.3) is 0 Å². The molecule has 7 heteroatoms. The summed E-state index contributed by atoms with van der Waals surface area (Å²) in [5, 5.41) is 7.60. The number of halogens is 3. The van der Waals surface area contributed by atoms with Crippen molar-refractivity contribution in [3.05, 3.63) is 0 Å². The SMILES string of the molecule is Cl.Cl.Cl.NCC(=O)O.[Zr]. The number of rotatable bonds is 1. The number of hydrogen-bond acceptors (Lipinski definition) is 2. The van der Waals surface area contributed by atoms with E-state index < -0.39 is 5.97 Å². The minimum atomic E-state index is -0.968. The van der Waals surface area contributed by atoms with Crippen LogP contribution in [0, 0.1) is 0 Å². The maximum absolute atomic E-state index is 9.24. The first-order valence-electron chi connectivity index (χ1n) is 1.19. The fourth-order valence-electron chi connectivity index (χ4n) is 0. The van der Waals surface area contributed by atoms with Crippen molar-refractivity contribution in [3.63, 3.8) is 0 Å². The summed E-state index contributed by atoms with van der Waals surface area (Å²) in [4.78, 5) is 9.24. The molecule has 0 spiro atoms. The van der Waals surface area contributed by atoms with Crippen LogP contribution in [0.2, 0.25) is 0 Å². The van der Waals surface area contributed by atoms with Crippen molar-refractivity contribution in [2.75, 3.05) is 6.54 Å². The Kier molecular flexibility index (Phi) is 81.3. The third-order valence-corrected chi connectivity index (χ3v) is 0.175. The van der Waals surface area contributed by atoms with E-state index in [0.29, 0.717) is 0 Å². The van der Waals surface area contributed by atoms with Crippen molar-refractivity contribution >= 4 is 43.2 Å². The molecule has 0 atom stereocenters. The summed E-state index contributed by atoms with van der Waals surface area (Å²) in [7, 11) is 0. The molecule has 9 heavy (non-hydrogen) atoms. The maximum atomic E-state index is 9.24. The Bertz CT molecular complexity index is 55.1. The summed E-state index contributed by atoms with van der Waals surface area (Å²) < 4.78 is 0. The van der Waals surface area contributed by atoms with E-state index in [2.05, 4.69) is 5.73 Å². The van der Waals surface area contributed by atoms with Crippen molar-refractivity contribution in [3.8, 4) is 0 Å². The Balaban J connectivity index is -0.0000000133. The summed E-state index contributed by atoms with van der Waals surface area (Å²) in [6, 6.07) is 0. The van der Waals surface area contributed by atoms with Gasteiger partial charge in [-0.3, -0.25) is 4.79 Å². The third-order valence-electron chi connectivity index (χ3n) is 0.175. The molecule has 0 saturated carbocycles. The molecule has 3 N–H and O–H groups in total. The molecule has 0 aromatic rings. The molecule has 58 valence electrons. The van der Waals surface area contributed by atoms with Gasteiger partial charge in [0.15, 0.2) is 0 Å². The molecule has 0 heterocycles. The normalized spacial score (nSPS) is 4.11. The van der Waals surface area contributed by atoms with Gasteiger partial charge >= 0.3 is 5.97 Å². The Hall–Kier alpha value is 1.18. The summed E-state index contributed by atoms with van der Waals surface area (Å²) in [6.45, 7) is -0.278. The zero-order chi connectivity index (χ0) is 4.28. The van der Waals surface area contributed by atoms with E-state index in [1.54, 1.807) is 0 Å². The van der Waals surface area contributed by atoms with Gasteiger partial charge in [0.1, 0.15) is 0 Å². The Morgan fingerprint density at radius 1 is 1.33 bits per heavy atom. The van der Waals surface area contributed by atoms with Crippen molar-refractivity contribution in [2.45, 2.75) is 0 Å². The minimum absolute atomic E-state index is 0. The van der Waals surface area contributed by atoms with Crippen molar-refractivity contribution in [1.29, 1.82) is 0 Å². The van der Waals surface area contributed by atoms with Crippen LogP contribution in [-0.2, 0) is 31.0 Å². The molecule has 0 fully saturated rings. The number of nitrogens with two attached hydrogens (primary N) is 1. The fourth-order valence-corrected chi connectivity index (χ4v) is 0. The van der Waals surface area contributed by atoms with Crippen LogP contribution in [0.25, 0.3) is 0 Å². The Labute approximate surface area is 91.1 Å². The van der Waals surface area contributed by atoms with Crippen LogP contribution < -0.4 is 5.73 Å². The van der Waals surface area contributed by atoms with Crippen LogP contribution in [0.3, 0.4) is 0 Å². The molecule has 0 saturated heterocycles. The predicted molar refractivity (Wildman–Crippen MR) is 38.4 cm³/mol. The second kappa shape index (κ2) is 22.9. The van der Waals surface area contributed by atoms with Gasteiger partial charge in [-0.15, -0.1) is 37.2 Å². The molecular weight excluding hydrogens is 268 g/mol. The molecule has 0 bridgehead atoms. The molecule has 3 nitrogen and oxygen atoms in total. The van der Waals surface area contributed by atoms with Crippen LogP contribution >= 0.6 is 37.2 Å². The van der Waals surface area contributed by atoms with E-state index in [9.17, 15) is 4.79 Å². The number of carboxylic acids is 1. The number of carboxylic acid groups (broad SMARTS) is 1. The summed E-state index contributed by atoms with van der Waals surface area (Å²) in [5.41, 5.74) is 4.57. The van der Waals surface area contributed by atoms with Gasteiger partial charge in [0.2, 0.25) is 0 Å². The van der Waals surface area contributed by atoms with Crippen molar-refractivity contribution in [1.82, 2.24) is 0 Å². The van der Waals surface area contributed by atoms with E-state index in [-0.39, 0.29) is 70.0 Å². The average Bonchev–Trinajstić information content (AvgIpc) is 1.38. The van der Waals surface area contributed by atoms with Crippen molar-refractivity contribution < 1.29 is 36.1 Å². The second-order valence-electron chi connectivity index (χ2n) is 0.598. The first-order chi connectivity index (χ1) is 2.27. The molecule has 0 aliphatic heterocycles. The van der Waals surface area contributed by atoms with Crippen molar-refractivity contribution in [2.24, 2.45) is 5.73 Å². The zero-order valence-electron chi connectivity index (χ0n) is 4.36. The van der Waals surface area contributed by atoms with Gasteiger partial charge in [-0.2, -0.15) is 0 Å². The summed E-state index contributed by atoms with van der Waals surface area (Å²) in [5.74, 6) is -0.968. The maximum Gasteiger partial charge on any atom is 0.317 e. The fraction of sp³-hybridized carbons (Fsp3) is 0.500. The summed E-state index contributed by atoms with van der Waals surface area (Å²) >= 11 is 0. The van der Waals surface area contributed by atoms with Crippen LogP contribution in [0.1, 0.15) is 0 Å². The number of hydrogen-bond donors (Lipinski definition) is 2. The standard InChI is InChI=1S/C2H5NO2.3ClH.Zr/c3-1-2(4)5;;;;/h1,3H2,(H,4,5);3*1H;. The van der Waals surface area contributed by atoms with Gasteiger partial charge in [-0.05, 0) is 0 Å². The first-order valence-corrected chi connectivity index (χ1v) is 1.19. The van der Waals surface area contributed by atoms with Gasteiger partial charge in [0, 0.05) is 26.2 Å². The molecule has 0 unspecified atom stereocenters. The van der Waals surface area contributed by atoms with Crippen LogP contribution in [0.5, 0.6) is 0 Å². The Morgan fingerprint density at radius 3 is 1.44 bits per heavy atom. The average molecular weight is 276 g/mol. The second-order valence-corrected chi connectivity index (χ2v) is 0.598. The predicted octanol–water partition coefficient (Wildman–Crippen LogP) is 0.293. The smallest absolute Gasteiger partial charge is 0.317 e. The van der Waals surface area contributed by atoms with E-state index >= 15 is 0 Å². The topological polar surface area (TPSA) is 63.3 Å². The monoisotopic (exact) mass is 273 g/mol.